The summed E-state index contributed by atoms with van der Waals surface area (Å²) in [7, 11) is 0. The third-order valence-corrected chi connectivity index (χ3v) is 4.18. The SMILES string of the molecule is CCOC(=O)C1=C(C=O)Nc2ccnc(OC(C)C)c2C1c1ccccc1. The van der Waals surface area contributed by atoms with Crippen molar-refractivity contribution in [3.05, 3.63) is 65.0 Å². The minimum Gasteiger partial charge on any atom is -0.475 e. The Labute approximate surface area is 158 Å². The predicted molar refractivity (Wildman–Crippen MR) is 102 cm³/mol. The number of hydrogen-bond acceptors (Lipinski definition) is 6. The minimum atomic E-state index is -0.536. The number of fused-ring (bicyclic) bond motifs is 1. The van der Waals surface area contributed by atoms with Crippen LogP contribution in [-0.4, -0.2) is 30.0 Å². The lowest BCUT2D eigenvalue weighted by atomic mass is 9.81. The maximum absolute atomic E-state index is 12.8. The summed E-state index contributed by atoms with van der Waals surface area (Å²) in [6.07, 6.45) is 2.17. The van der Waals surface area contributed by atoms with E-state index in [0.29, 0.717) is 23.4 Å². The van der Waals surface area contributed by atoms with E-state index in [1.54, 1.807) is 19.2 Å². The van der Waals surface area contributed by atoms with Gasteiger partial charge in [0.25, 0.3) is 0 Å². The number of benzene rings is 1. The average Bonchev–Trinajstić information content (AvgIpc) is 2.67. The van der Waals surface area contributed by atoms with Gasteiger partial charge in [-0.1, -0.05) is 30.3 Å². The van der Waals surface area contributed by atoms with Gasteiger partial charge in [-0.25, -0.2) is 9.78 Å². The average molecular weight is 366 g/mol. The first kappa shape index (κ1) is 18.6. The molecule has 1 aliphatic heterocycles. The number of ether oxygens (including phenoxy) is 2. The highest BCUT2D eigenvalue weighted by atomic mass is 16.5. The van der Waals surface area contributed by atoms with Crippen LogP contribution in [0.3, 0.4) is 0 Å². The number of hydrogen-bond donors (Lipinski definition) is 1. The summed E-state index contributed by atoms with van der Waals surface area (Å²) in [5.41, 5.74) is 2.70. The molecule has 0 saturated carbocycles. The van der Waals surface area contributed by atoms with Crippen LogP contribution in [0.5, 0.6) is 5.88 Å². The van der Waals surface area contributed by atoms with Crippen molar-refractivity contribution in [3.63, 3.8) is 0 Å². The van der Waals surface area contributed by atoms with Crippen molar-refractivity contribution in [1.82, 2.24) is 4.98 Å². The Kier molecular flexibility index (Phi) is 5.54. The Balaban J connectivity index is 2.26. The second-order valence-electron chi connectivity index (χ2n) is 6.38. The fourth-order valence-electron chi connectivity index (χ4n) is 3.18. The molecule has 1 aliphatic rings. The Morgan fingerprint density at radius 2 is 2.00 bits per heavy atom. The number of pyridine rings is 1. The quantitative estimate of drug-likeness (QED) is 0.623. The standard InChI is InChI=1S/C21H22N2O4/c1-4-26-21(25)19-16(12-24)23-15-10-11-22-20(27-13(2)3)18(15)17(19)14-8-6-5-7-9-14/h5-13,17,23H,4H2,1-3H3. The molecule has 2 aromatic rings. The van der Waals surface area contributed by atoms with Crippen LogP contribution in [0.4, 0.5) is 5.69 Å². The molecular weight excluding hydrogens is 344 g/mol. The van der Waals surface area contributed by atoms with Gasteiger partial charge in [-0.3, -0.25) is 4.79 Å². The zero-order valence-electron chi connectivity index (χ0n) is 15.6. The molecule has 1 N–H and O–H groups in total. The molecule has 1 aromatic carbocycles. The first-order chi connectivity index (χ1) is 13.1. The molecular formula is C21H22N2O4. The second-order valence-corrected chi connectivity index (χ2v) is 6.38. The van der Waals surface area contributed by atoms with Crippen LogP contribution in [-0.2, 0) is 14.3 Å². The van der Waals surface area contributed by atoms with E-state index in [1.807, 2.05) is 44.2 Å². The van der Waals surface area contributed by atoms with Crippen LogP contribution in [0.25, 0.3) is 0 Å². The molecule has 3 rings (SSSR count). The number of aldehydes is 1. The highest BCUT2D eigenvalue weighted by Gasteiger charge is 2.37. The number of nitrogens with zero attached hydrogens (tertiary/aromatic N) is 1. The summed E-state index contributed by atoms with van der Waals surface area (Å²) in [6.45, 7) is 5.77. The van der Waals surface area contributed by atoms with Crippen molar-refractivity contribution in [3.8, 4) is 5.88 Å². The van der Waals surface area contributed by atoms with Gasteiger partial charge in [-0.2, -0.15) is 0 Å². The summed E-state index contributed by atoms with van der Waals surface area (Å²) in [5, 5.41) is 3.04. The lowest BCUT2D eigenvalue weighted by Crippen LogP contribution is -2.27. The maximum Gasteiger partial charge on any atom is 0.337 e. The highest BCUT2D eigenvalue weighted by molar-refractivity contribution is 6.01. The molecule has 0 amide bonds. The van der Waals surface area contributed by atoms with E-state index in [1.165, 1.54) is 0 Å². The molecule has 0 saturated heterocycles. The van der Waals surface area contributed by atoms with Gasteiger partial charge in [0, 0.05) is 17.4 Å². The summed E-state index contributed by atoms with van der Waals surface area (Å²) < 4.78 is 11.2. The molecule has 0 fully saturated rings. The van der Waals surface area contributed by atoms with Gasteiger partial charge in [0.15, 0.2) is 6.29 Å². The monoisotopic (exact) mass is 366 g/mol. The molecule has 6 heteroatoms. The largest absolute Gasteiger partial charge is 0.475 e. The molecule has 27 heavy (non-hydrogen) atoms. The number of carbonyl (C=O) groups excluding carboxylic acids is 2. The fourth-order valence-corrected chi connectivity index (χ4v) is 3.18. The van der Waals surface area contributed by atoms with Crippen molar-refractivity contribution < 1.29 is 19.1 Å². The van der Waals surface area contributed by atoms with Crippen LogP contribution in [0.15, 0.2) is 53.9 Å². The van der Waals surface area contributed by atoms with E-state index in [-0.39, 0.29) is 24.0 Å². The summed E-state index contributed by atoms with van der Waals surface area (Å²) in [4.78, 5) is 28.9. The van der Waals surface area contributed by atoms with Gasteiger partial charge in [-0.15, -0.1) is 0 Å². The number of aromatic nitrogens is 1. The van der Waals surface area contributed by atoms with Crippen LogP contribution in [0.2, 0.25) is 0 Å². The first-order valence-electron chi connectivity index (χ1n) is 8.90. The third-order valence-electron chi connectivity index (χ3n) is 4.18. The van der Waals surface area contributed by atoms with E-state index in [9.17, 15) is 9.59 Å². The number of carbonyl (C=O) groups is 2. The van der Waals surface area contributed by atoms with Crippen molar-refractivity contribution in [1.29, 1.82) is 0 Å². The normalized spacial score (nSPS) is 15.8. The summed E-state index contributed by atoms with van der Waals surface area (Å²) >= 11 is 0. The Bertz CT molecular complexity index is 875. The molecule has 140 valence electrons. The maximum atomic E-state index is 12.8. The van der Waals surface area contributed by atoms with E-state index < -0.39 is 11.9 Å². The Morgan fingerprint density at radius 1 is 1.26 bits per heavy atom. The number of nitrogens with one attached hydrogen (secondary N) is 1. The molecule has 1 atom stereocenters. The van der Waals surface area contributed by atoms with Gasteiger partial charge in [-0.05, 0) is 32.4 Å². The third kappa shape index (κ3) is 3.69. The molecule has 0 bridgehead atoms. The van der Waals surface area contributed by atoms with E-state index in [4.69, 9.17) is 9.47 Å². The number of rotatable bonds is 6. The Hall–Kier alpha value is -3.15. The van der Waals surface area contributed by atoms with Crippen LogP contribution in [0.1, 0.15) is 37.8 Å². The van der Waals surface area contributed by atoms with Crippen LogP contribution < -0.4 is 10.1 Å². The van der Waals surface area contributed by atoms with E-state index >= 15 is 0 Å². The summed E-state index contributed by atoms with van der Waals surface area (Å²) in [5.74, 6) is -0.634. The number of esters is 1. The minimum absolute atomic E-state index is 0.0945. The molecule has 0 aliphatic carbocycles. The predicted octanol–water partition coefficient (Wildman–Crippen LogP) is 3.44. The number of allylic oxidation sites excluding steroid dienone is 1. The van der Waals surface area contributed by atoms with Gasteiger partial charge >= 0.3 is 5.97 Å². The van der Waals surface area contributed by atoms with E-state index in [0.717, 1.165) is 5.56 Å². The first-order valence-corrected chi connectivity index (χ1v) is 8.90. The van der Waals surface area contributed by atoms with Crippen molar-refractivity contribution in [2.24, 2.45) is 0 Å². The van der Waals surface area contributed by atoms with Crippen LogP contribution >= 0.6 is 0 Å². The van der Waals surface area contributed by atoms with Gasteiger partial charge in [0.2, 0.25) is 5.88 Å². The highest BCUT2D eigenvalue weighted by Crippen LogP contribution is 2.45. The molecule has 0 radical (unpaired) electrons. The lowest BCUT2D eigenvalue weighted by Gasteiger charge is -2.30. The summed E-state index contributed by atoms with van der Waals surface area (Å²) in [6, 6.07) is 11.3. The van der Waals surface area contributed by atoms with E-state index in [2.05, 4.69) is 10.3 Å². The molecule has 6 nitrogen and oxygen atoms in total. The lowest BCUT2D eigenvalue weighted by molar-refractivity contribution is -0.139. The molecule has 1 unspecified atom stereocenters. The zero-order valence-corrected chi connectivity index (χ0v) is 15.6. The Morgan fingerprint density at radius 3 is 2.63 bits per heavy atom. The fraction of sp³-hybridized carbons (Fsp3) is 0.286. The zero-order chi connectivity index (χ0) is 19.4. The molecule has 0 spiro atoms. The van der Waals surface area contributed by atoms with Crippen molar-refractivity contribution in [2.75, 3.05) is 11.9 Å². The van der Waals surface area contributed by atoms with Crippen LogP contribution in [0, 0.1) is 0 Å². The van der Waals surface area contributed by atoms with Crippen molar-refractivity contribution >= 4 is 17.9 Å². The topological polar surface area (TPSA) is 77.5 Å². The van der Waals surface area contributed by atoms with Crippen molar-refractivity contribution in [2.45, 2.75) is 32.8 Å². The molecule has 2 heterocycles. The number of anilines is 1. The van der Waals surface area contributed by atoms with Gasteiger partial charge < -0.3 is 14.8 Å². The van der Waals surface area contributed by atoms with Gasteiger partial charge in [0.05, 0.1) is 29.9 Å². The molecule has 1 aromatic heterocycles. The second kappa shape index (κ2) is 8.03. The van der Waals surface area contributed by atoms with Gasteiger partial charge in [0.1, 0.15) is 0 Å². The smallest absolute Gasteiger partial charge is 0.337 e.